The lowest BCUT2D eigenvalue weighted by atomic mass is 10.1. The van der Waals surface area contributed by atoms with Crippen molar-refractivity contribution >= 4 is 6.03 Å². The lowest BCUT2D eigenvalue weighted by Gasteiger charge is -2.31. The van der Waals surface area contributed by atoms with Crippen LogP contribution in [0.2, 0.25) is 0 Å². The third kappa shape index (κ3) is 5.43. The fourth-order valence-electron chi connectivity index (χ4n) is 2.61. The number of likely N-dealkylation sites (tertiary alicyclic amines) is 1. The van der Waals surface area contributed by atoms with Crippen LogP contribution in [0.1, 0.15) is 45.2 Å². The molecule has 1 aromatic rings. The van der Waals surface area contributed by atoms with Crippen LogP contribution in [0, 0.1) is 5.92 Å². The van der Waals surface area contributed by atoms with E-state index < -0.39 is 6.10 Å². The Morgan fingerprint density at radius 3 is 2.65 bits per heavy atom. The van der Waals surface area contributed by atoms with Gasteiger partial charge in [0.25, 0.3) is 0 Å². The van der Waals surface area contributed by atoms with Crippen LogP contribution < -0.4 is 10.1 Å². The predicted octanol–water partition coefficient (Wildman–Crippen LogP) is 2.95. The topological polar surface area (TPSA) is 61.8 Å². The summed E-state index contributed by atoms with van der Waals surface area (Å²) in [7, 11) is 0. The van der Waals surface area contributed by atoms with Crippen LogP contribution in [-0.2, 0) is 0 Å². The van der Waals surface area contributed by atoms with Gasteiger partial charge in [-0.25, -0.2) is 4.79 Å². The number of ether oxygens (including phenoxy) is 1. The van der Waals surface area contributed by atoms with E-state index in [2.05, 4.69) is 19.2 Å². The van der Waals surface area contributed by atoms with Crippen molar-refractivity contribution in [1.29, 1.82) is 0 Å². The number of hydrogen-bond acceptors (Lipinski definition) is 3. The Morgan fingerprint density at radius 1 is 1.35 bits per heavy atom. The van der Waals surface area contributed by atoms with Crippen molar-refractivity contribution in [2.24, 2.45) is 5.92 Å². The molecule has 1 fully saturated rings. The zero-order valence-corrected chi connectivity index (χ0v) is 14.3. The Balaban J connectivity index is 1.87. The van der Waals surface area contributed by atoms with Crippen LogP contribution in [0.4, 0.5) is 4.79 Å². The van der Waals surface area contributed by atoms with E-state index in [4.69, 9.17) is 4.74 Å². The molecule has 1 saturated heterocycles. The summed E-state index contributed by atoms with van der Waals surface area (Å²) in [6, 6.07) is 7.63. The smallest absolute Gasteiger partial charge is 0.317 e. The molecule has 0 aliphatic carbocycles. The molecule has 2 N–H and O–H groups in total. The van der Waals surface area contributed by atoms with Crippen molar-refractivity contribution in [2.45, 2.75) is 45.8 Å². The molecule has 128 valence electrons. The third-order valence-electron chi connectivity index (χ3n) is 3.99. The maximum absolute atomic E-state index is 12.3. The molecule has 23 heavy (non-hydrogen) atoms. The summed E-state index contributed by atoms with van der Waals surface area (Å²) in [5.74, 6) is 1.34. The highest BCUT2D eigenvalue weighted by molar-refractivity contribution is 5.74. The lowest BCUT2D eigenvalue weighted by Crippen LogP contribution is -2.47. The van der Waals surface area contributed by atoms with E-state index in [-0.39, 0.29) is 12.1 Å². The van der Waals surface area contributed by atoms with Gasteiger partial charge in [-0.2, -0.15) is 0 Å². The molecule has 1 heterocycles. The first-order valence-corrected chi connectivity index (χ1v) is 8.42. The van der Waals surface area contributed by atoms with Crippen LogP contribution >= 0.6 is 0 Å². The molecule has 0 radical (unpaired) electrons. The Hall–Kier alpha value is -1.75. The molecule has 1 aromatic carbocycles. The summed E-state index contributed by atoms with van der Waals surface area (Å²) < 4.78 is 5.67. The Morgan fingerprint density at radius 2 is 2.04 bits per heavy atom. The van der Waals surface area contributed by atoms with Gasteiger partial charge < -0.3 is 20.1 Å². The van der Waals surface area contributed by atoms with Crippen LogP contribution in [0.3, 0.4) is 0 Å². The third-order valence-corrected chi connectivity index (χ3v) is 3.99. The normalized spacial score (nSPS) is 19.5. The SMILES string of the molecule is CC(C)COc1ccc(C(C)NC(=O)N2CCCC(O)C2)cc1. The van der Waals surface area contributed by atoms with Gasteiger partial charge in [0.05, 0.1) is 18.8 Å². The number of aliphatic hydroxyl groups excluding tert-OH is 1. The van der Waals surface area contributed by atoms with E-state index in [9.17, 15) is 9.90 Å². The molecule has 0 aromatic heterocycles. The predicted molar refractivity (Wildman–Crippen MR) is 90.5 cm³/mol. The summed E-state index contributed by atoms with van der Waals surface area (Å²) in [6.07, 6.45) is 1.23. The van der Waals surface area contributed by atoms with Gasteiger partial charge in [-0.05, 0) is 43.4 Å². The molecule has 2 atom stereocenters. The largest absolute Gasteiger partial charge is 0.493 e. The van der Waals surface area contributed by atoms with Gasteiger partial charge in [-0.3, -0.25) is 0 Å². The Bertz CT molecular complexity index is 501. The van der Waals surface area contributed by atoms with Crippen molar-refractivity contribution in [2.75, 3.05) is 19.7 Å². The van der Waals surface area contributed by atoms with E-state index in [1.165, 1.54) is 0 Å². The average Bonchev–Trinajstić information content (AvgIpc) is 2.53. The average molecular weight is 320 g/mol. The monoisotopic (exact) mass is 320 g/mol. The number of carbonyl (C=O) groups is 1. The Labute approximate surface area is 138 Å². The fraction of sp³-hybridized carbons (Fsp3) is 0.611. The minimum absolute atomic E-state index is 0.0827. The number of nitrogens with zero attached hydrogens (tertiary/aromatic N) is 1. The number of rotatable bonds is 5. The quantitative estimate of drug-likeness (QED) is 0.877. The van der Waals surface area contributed by atoms with E-state index in [0.29, 0.717) is 25.6 Å². The summed E-state index contributed by atoms with van der Waals surface area (Å²) in [4.78, 5) is 13.9. The number of carbonyl (C=O) groups excluding carboxylic acids is 1. The molecule has 5 heteroatoms. The molecule has 0 bridgehead atoms. The molecule has 5 nitrogen and oxygen atoms in total. The number of nitrogens with one attached hydrogen (secondary N) is 1. The molecular weight excluding hydrogens is 292 g/mol. The number of benzene rings is 1. The van der Waals surface area contributed by atoms with Gasteiger partial charge in [-0.1, -0.05) is 26.0 Å². The number of hydrogen-bond donors (Lipinski definition) is 2. The van der Waals surface area contributed by atoms with Gasteiger partial charge in [0, 0.05) is 13.1 Å². The zero-order valence-electron chi connectivity index (χ0n) is 14.3. The summed E-state index contributed by atoms with van der Waals surface area (Å²) in [6.45, 7) is 8.01. The summed E-state index contributed by atoms with van der Waals surface area (Å²) in [5.41, 5.74) is 1.04. The van der Waals surface area contributed by atoms with Crippen LogP contribution in [-0.4, -0.2) is 41.8 Å². The number of aliphatic hydroxyl groups is 1. The minimum Gasteiger partial charge on any atom is -0.493 e. The van der Waals surface area contributed by atoms with E-state index >= 15 is 0 Å². The van der Waals surface area contributed by atoms with Crippen LogP contribution in [0.15, 0.2) is 24.3 Å². The molecule has 2 rings (SSSR count). The van der Waals surface area contributed by atoms with Crippen molar-refractivity contribution in [1.82, 2.24) is 10.2 Å². The molecule has 1 aliphatic heterocycles. The molecule has 2 amide bonds. The maximum atomic E-state index is 12.3. The number of amides is 2. The lowest BCUT2D eigenvalue weighted by molar-refractivity contribution is 0.0835. The van der Waals surface area contributed by atoms with E-state index in [1.807, 2.05) is 31.2 Å². The zero-order chi connectivity index (χ0) is 16.8. The van der Waals surface area contributed by atoms with Crippen molar-refractivity contribution < 1.29 is 14.6 Å². The van der Waals surface area contributed by atoms with Crippen molar-refractivity contribution in [3.05, 3.63) is 29.8 Å². The first kappa shape index (κ1) is 17.6. The molecule has 1 aliphatic rings. The second kappa shape index (κ2) is 8.20. The van der Waals surface area contributed by atoms with Crippen molar-refractivity contribution in [3.8, 4) is 5.75 Å². The van der Waals surface area contributed by atoms with Crippen LogP contribution in [0.25, 0.3) is 0 Å². The number of piperidine rings is 1. The number of β-amino-alcohol motifs (C(OH)–C–C–N with tert-alkyl or cyclic N) is 1. The standard InChI is InChI=1S/C18H28N2O3/c1-13(2)12-23-17-8-6-15(7-9-17)14(3)19-18(22)20-10-4-5-16(21)11-20/h6-9,13-14,16,21H,4-5,10-12H2,1-3H3,(H,19,22). The molecule has 0 spiro atoms. The second-order valence-electron chi connectivity index (χ2n) is 6.69. The number of urea groups is 1. The first-order chi connectivity index (χ1) is 11.0. The maximum Gasteiger partial charge on any atom is 0.317 e. The minimum atomic E-state index is -0.401. The van der Waals surface area contributed by atoms with E-state index in [1.54, 1.807) is 4.90 Å². The van der Waals surface area contributed by atoms with Gasteiger partial charge in [0.15, 0.2) is 0 Å². The van der Waals surface area contributed by atoms with Gasteiger partial charge >= 0.3 is 6.03 Å². The highest BCUT2D eigenvalue weighted by Gasteiger charge is 2.23. The molecule has 0 saturated carbocycles. The van der Waals surface area contributed by atoms with Gasteiger partial charge in [0.2, 0.25) is 0 Å². The summed E-state index contributed by atoms with van der Waals surface area (Å²) in [5, 5.41) is 12.7. The van der Waals surface area contributed by atoms with Crippen molar-refractivity contribution in [3.63, 3.8) is 0 Å². The highest BCUT2D eigenvalue weighted by atomic mass is 16.5. The highest BCUT2D eigenvalue weighted by Crippen LogP contribution is 2.19. The van der Waals surface area contributed by atoms with E-state index in [0.717, 1.165) is 24.2 Å². The summed E-state index contributed by atoms with van der Waals surface area (Å²) >= 11 is 0. The second-order valence-corrected chi connectivity index (χ2v) is 6.69. The van der Waals surface area contributed by atoms with Gasteiger partial charge in [-0.15, -0.1) is 0 Å². The van der Waals surface area contributed by atoms with Gasteiger partial charge in [0.1, 0.15) is 5.75 Å². The first-order valence-electron chi connectivity index (χ1n) is 8.42. The molecule has 2 unspecified atom stereocenters. The van der Waals surface area contributed by atoms with Crippen LogP contribution in [0.5, 0.6) is 5.75 Å². The Kier molecular flexibility index (Phi) is 6.28. The fourth-order valence-corrected chi connectivity index (χ4v) is 2.61. The molecular formula is C18H28N2O3.